The van der Waals surface area contributed by atoms with E-state index in [9.17, 15) is 18.0 Å². The first-order chi connectivity index (χ1) is 16.4. The number of hydrogen-bond acceptors (Lipinski definition) is 7. The maximum atomic E-state index is 13.0. The van der Waals surface area contributed by atoms with Gasteiger partial charge in [-0.2, -0.15) is 0 Å². The molecule has 0 unspecified atom stereocenters. The van der Waals surface area contributed by atoms with Crippen LogP contribution in [0.25, 0.3) is 6.08 Å². The maximum absolute atomic E-state index is 13.0. The van der Waals surface area contributed by atoms with Crippen LogP contribution in [0.2, 0.25) is 0 Å². The van der Waals surface area contributed by atoms with E-state index in [4.69, 9.17) is 0 Å². The summed E-state index contributed by atoms with van der Waals surface area (Å²) in [5, 5.41) is 9.13. The first kappa shape index (κ1) is 23.4. The Morgan fingerprint density at radius 1 is 0.882 bits per heavy atom. The van der Waals surface area contributed by atoms with Crippen LogP contribution >= 0.6 is 22.7 Å². The van der Waals surface area contributed by atoms with Gasteiger partial charge in [0.25, 0.3) is 21.8 Å². The van der Waals surface area contributed by atoms with Crippen molar-refractivity contribution in [3.05, 3.63) is 99.8 Å². The summed E-state index contributed by atoms with van der Waals surface area (Å²) >= 11 is 2.58. The lowest BCUT2D eigenvalue weighted by Gasteiger charge is -2.12. The van der Waals surface area contributed by atoms with E-state index < -0.39 is 21.8 Å². The minimum Gasteiger partial charge on any atom is -0.321 e. The molecule has 0 radical (unpaired) electrons. The lowest BCUT2D eigenvalue weighted by Crippen LogP contribution is -2.30. The van der Waals surface area contributed by atoms with E-state index in [1.165, 1.54) is 53.1 Å². The summed E-state index contributed by atoms with van der Waals surface area (Å²) in [4.78, 5) is 30.3. The monoisotopic (exact) mass is 510 g/mol. The number of nitrogens with one attached hydrogen (secondary N) is 3. The molecule has 172 valence electrons. The number of rotatable bonds is 8. The summed E-state index contributed by atoms with van der Waals surface area (Å²) in [6.45, 7) is 0. The Bertz CT molecular complexity index is 1400. The Morgan fingerprint density at radius 2 is 1.65 bits per heavy atom. The topological polar surface area (TPSA) is 117 Å². The predicted molar refractivity (Wildman–Crippen MR) is 134 cm³/mol. The third kappa shape index (κ3) is 5.95. The molecule has 0 atom stereocenters. The molecule has 11 heteroatoms. The Hall–Kier alpha value is -3.80. The number of amides is 2. The van der Waals surface area contributed by atoms with Crippen molar-refractivity contribution in [3.63, 3.8) is 0 Å². The Kier molecular flexibility index (Phi) is 7.16. The third-order valence-corrected chi connectivity index (χ3v) is 7.43. The third-order valence-electron chi connectivity index (χ3n) is 4.44. The van der Waals surface area contributed by atoms with Crippen LogP contribution in [0.3, 0.4) is 0 Å². The molecule has 8 nitrogen and oxygen atoms in total. The van der Waals surface area contributed by atoms with Crippen molar-refractivity contribution in [2.24, 2.45) is 0 Å². The molecule has 0 saturated carbocycles. The molecule has 0 aliphatic rings. The quantitative estimate of drug-likeness (QED) is 0.304. The molecular weight excluding hydrogens is 492 g/mol. The second-order valence-corrected chi connectivity index (χ2v) is 10.4. The molecule has 3 N–H and O–H groups in total. The number of thiophene rings is 1. The average Bonchev–Trinajstić information content (AvgIpc) is 3.54. The van der Waals surface area contributed by atoms with Crippen molar-refractivity contribution in [2.45, 2.75) is 4.90 Å². The van der Waals surface area contributed by atoms with E-state index in [1.54, 1.807) is 41.8 Å². The first-order valence-corrected chi connectivity index (χ1v) is 13.1. The van der Waals surface area contributed by atoms with Gasteiger partial charge in [0.15, 0.2) is 5.13 Å². The van der Waals surface area contributed by atoms with Crippen molar-refractivity contribution in [3.8, 4) is 0 Å². The van der Waals surface area contributed by atoms with Crippen LogP contribution in [0.1, 0.15) is 15.2 Å². The van der Waals surface area contributed by atoms with Gasteiger partial charge in [-0.3, -0.25) is 14.3 Å². The van der Waals surface area contributed by atoms with Gasteiger partial charge in [0.2, 0.25) is 0 Å². The van der Waals surface area contributed by atoms with E-state index in [0.717, 1.165) is 4.88 Å². The molecule has 0 aliphatic carbocycles. The fourth-order valence-electron chi connectivity index (χ4n) is 2.82. The minimum absolute atomic E-state index is 0.0208. The lowest BCUT2D eigenvalue weighted by atomic mass is 10.2. The summed E-state index contributed by atoms with van der Waals surface area (Å²) in [6.07, 6.45) is 3.08. The highest BCUT2D eigenvalue weighted by molar-refractivity contribution is 7.93. The first-order valence-electron chi connectivity index (χ1n) is 9.86. The molecule has 2 aromatic carbocycles. The van der Waals surface area contributed by atoms with Gasteiger partial charge in [-0.25, -0.2) is 13.4 Å². The van der Waals surface area contributed by atoms with Gasteiger partial charge < -0.3 is 10.6 Å². The number of sulfonamides is 1. The predicted octanol–water partition coefficient (Wildman–Crippen LogP) is 4.42. The van der Waals surface area contributed by atoms with E-state index in [2.05, 4.69) is 20.3 Å². The molecule has 0 bridgehead atoms. The number of benzene rings is 2. The number of carbonyl (C=O) groups excluding carboxylic acids is 2. The highest BCUT2D eigenvalue weighted by Gasteiger charge is 2.18. The van der Waals surface area contributed by atoms with Crippen molar-refractivity contribution in [1.29, 1.82) is 0 Å². The number of nitrogens with zero attached hydrogens (tertiary/aromatic N) is 1. The smallest absolute Gasteiger partial charge is 0.272 e. The van der Waals surface area contributed by atoms with E-state index >= 15 is 0 Å². The molecule has 2 amide bonds. The largest absolute Gasteiger partial charge is 0.321 e. The van der Waals surface area contributed by atoms with E-state index in [1.807, 2.05) is 17.5 Å². The second kappa shape index (κ2) is 10.4. The van der Waals surface area contributed by atoms with Crippen LogP contribution in [0.5, 0.6) is 0 Å². The van der Waals surface area contributed by atoms with Gasteiger partial charge in [-0.05, 0) is 53.9 Å². The SMILES string of the molecule is O=C(Nc1ccc(S(=O)(=O)Nc2nccs2)cc1)/C(=C\c1cccs1)NC(=O)c1ccccc1. The van der Waals surface area contributed by atoms with Crippen LogP contribution in [0.15, 0.2) is 94.3 Å². The molecule has 0 aliphatic heterocycles. The highest BCUT2D eigenvalue weighted by atomic mass is 32.2. The molecule has 2 heterocycles. The van der Waals surface area contributed by atoms with Gasteiger partial charge in [0, 0.05) is 27.7 Å². The van der Waals surface area contributed by atoms with Gasteiger partial charge in [-0.15, -0.1) is 22.7 Å². The normalized spacial score (nSPS) is 11.6. The zero-order chi connectivity index (χ0) is 24.0. The van der Waals surface area contributed by atoms with Crippen molar-refractivity contribution < 1.29 is 18.0 Å². The van der Waals surface area contributed by atoms with Crippen molar-refractivity contribution in [2.75, 3.05) is 10.0 Å². The lowest BCUT2D eigenvalue weighted by molar-refractivity contribution is -0.113. The molecule has 4 aromatic rings. The number of thiazole rings is 1. The number of carbonyl (C=O) groups is 2. The molecule has 2 aromatic heterocycles. The van der Waals surface area contributed by atoms with E-state index in [-0.39, 0.29) is 15.7 Å². The zero-order valence-corrected chi connectivity index (χ0v) is 19.9. The minimum atomic E-state index is -3.81. The average molecular weight is 511 g/mol. The summed E-state index contributed by atoms with van der Waals surface area (Å²) in [6, 6.07) is 17.9. The van der Waals surface area contributed by atoms with Gasteiger partial charge >= 0.3 is 0 Å². The summed E-state index contributed by atoms with van der Waals surface area (Å²) in [7, 11) is -3.81. The maximum Gasteiger partial charge on any atom is 0.272 e. The molecule has 34 heavy (non-hydrogen) atoms. The molecule has 0 fully saturated rings. The second-order valence-electron chi connectivity index (χ2n) is 6.81. The van der Waals surface area contributed by atoms with Crippen LogP contribution < -0.4 is 15.4 Å². The fourth-order valence-corrected chi connectivity index (χ4v) is 5.27. The summed E-state index contributed by atoms with van der Waals surface area (Å²) in [5.41, 5.74) is 0.831. The molecule has 0 saturated heterocycles. The van der Waals surface area contributed by atoms with Crippen molar-refractivity contribution >= 4 is 61.4 Å². The van der Waals surface area contributed by atoms with Crippen molar-refractivity contribution in [1.82, 2.24) is 10.3 Å². The number of aromatic nitrogens is 1. The van der Waals surface area contributed by atoms with E-state index in [0.29, 0.717) is 11.3 Å². The molecule has 4 rings (SSSR count). The van der Waals surface area contributed by atoms with Gasteiger partial charge in [0.05, 0.1) is 4.90 Å². The number of hydrogen-bond donors (Lipinski definition) is 3. The highest BCUT2D eigenvalue weighted by Crippen LogP contribution is 2.20. The summed E-state index contributed by atoms with van der Waals surface area (Å²) < 4.78 is 27.4. The summed E-state index contributed by atoms with van der Waals surface area (Å²) in [5.74, 6) is -0.970. The van der Waals surface area contributed by atoms with Crippen LogP contribution in [-0.2, 0) is 14.8 Å². The van der Waals surface area contributed by atoms with Gasteiger partial charge in [-0.1, -0.05) is 24.3 Å². The Morgan fingerprint density at radius 3 is 2.29 bits per heavy atom. The van der Waals surface area contributed by atoms with Gasteiger partial charge in [0.1, 0.15) is 5.70 Å². The standard InChI is InChI=1S/C23H18N4O4S3/c28-21(16-5-2-1-3-6-16)26-20(15-18-7-4-13-32-18)22(29)25-17-8-10-19(11-9-17)34(30,31)27-23-24-12-14-33-23/h1-15H,(H,24,27)(H,25,29)(H,26,28)/b20-15+. The van der Waals surface area contributed by atoms with Crippen LogP contribution in [-0.4, -0.2) is 25.2 Å². The number of anilines is 2. The zero-order valence-electron chi connectivity index (χ0n) is 17.5. The molecule has 0 spiro atoms. The molecular formula is C23H18N4O4S3. The Labute approximate surface area is 204 Å². The van der Waals surface area contributed by atoms with Crippen LogP contribution in [0.4, 0.5) is 10.8 Å². The Balaban J connectivity index is 1.50. The fraction of sp³-hybridized carbons (Fsp3) is 0. The van der Waals surface area contributed by atoms with Crippen LogP contribution in [0, 0.1) is 0 Å².